The van der Waals surface area contributed by atoms with Gasteiger partial charge >= 0.3 is 0 Å². The number of carbonyl (C=O) groups is 1. The molecular weight excluding hydrogens is 256 g/mol. The largest absolute Gasteiger partial charge is 0.347 e. The molecule has 0 bridgehead atoms. The minimum absolute atomic E-state index is 0.183. The van der Waals surface area contributed by atoms with Crippen molar-refractivity contribution >= 4 is 11.7 Å². The number of anilines is 1. The molecule has 106 valence electrons. The monoisotopic (exact) mass is 274 g/mol. The van der Waals surface area contributed by atoms with Gasteiger partial charge in [-0.15, -0.1) is 0 Å². The van der Waals surface area contributed by atoms with Crippen molar-refractivity contribution in [2.45, 2.75) is 26.3 Å². The van der Waals surface area contributed by atoms with Crippen LogP contribution in [0.5, 0.6) is 0 Å². The number of aryl methyl sites for hydroxylation is 1. The summed E-state index contributed by atoms with van der Waals surface area (Å²) in [4.78, 5) is 23.4. The van der Waals surface area contributed by atoms with Gasteiger partial charge in [0.15, 0.2) is 0 Å². The second-order valence-corrected chi connectivity index (χ2v) is 4.35. The Hall–Kier alpha value is -2.41. The van der Waals surface area contributed by atoms with Crippen molar-refractivity contribution in [1.82, 2.24) is 20.3 Å². The topological polar surface area (TPSA) is 109 Å². The number of nitrogens with one attached hydrogen (secondary N) is 3. The van der Waals surface area contributed by atoms with Gasteiger partial charge in [0.2, 0.25) is 0 Å². The zero-order valence-electron chi connectivity index (χ0n) is 11.3. The summed E-state index contributed by atoms with van der Waals surface area (Å²) in [7, 11) is 0. The van der Waals surface area contributed by atoms with E-state index in [1.165, 1.54) is 0 Å². The summed E-state index contributed by atoms with van der Waals surface area (Å²) in [5.41, 5.74) is 3.85. The standard InChI is InChI=1S/C13H18N6O/c1-2-3-10-6-9(7-11(18-10)19-14)13(20)17-8-12-15-4-5-16-12/h4-7H,2-3,8,14H2,1H3,(H,15,16)(H,17,20)(H,18,19). The number of aromatic nitrogens is 3. The third-order valence-electron chi connectivity index (χ3n) is 2.77. The van der Waals surface area contributed by atoms with Gasteiger partial charge in [0, 0.05) is 23.7 Å². The molecule has 20 heavy (non-hydrogen) atoms. The van der Waals surface area contributed by atoms with Crippen LogP contribution in [-0.2, 0) is 13.0 Å². The van der Waals surface area contributed by atoms with E-state index >= 15 is 0 Å². The van der Waals surface area contributed by atoms with Crippen molar-refractivity contribution in [1.29, 1.82) is 0 Å². The Labute approximate surface area is 117 Å². The van der Waals surface area contributed by atoms with Gasteiger partial charge in [-0.05, 0) is 18.6 Å². The molecule has 0 saturated heterocycles. The molecule has 2 heterocycles. The predicted molar refractivity (Wildman–Crippen MR) is 75.8 cm³/mol. The van der Waals surface area contributed by atoms with Gasteiger partial charge in [0.1, 0.15) is 11.6 Å². The van der Waals surface area contributed by atoms with E-state index in [1.54, 1.807) is 24.5 Å². The average molecular weight is 274 g/mol. The van der Waals surface area contributed by atoms with E-state index in [-0.39, 0.29) is 5.91 Å². The number of nitrogens with two attached hydrogens (primary N) is 1. The van der Waals surface area contributed by atoms with E-state index < -0.39 is 0 Å². The molecule has 2 rings (SSSR count). The molecule has 0 atom stereocenters. The van der Waals surface area contributed by atoms with Crippen LogP contribution in [0.4, 0.5) is 5.82 Å². The number of carbonyl (C=O) groups excluding carboxylic acids is 1. The van der Waals surface area contributed by atoms with Crippen LogP contribution in [0.3, 0.4) is 0 Å². The van der Waals surface area contributed by atoms with Crippen molar-refractivity contribution in [3.8, 4) is 0 Å². The van der Waals surface area contributed by atoms with Crippen LogP contribution >= 0.6 is 0 Å². The molecule has 0 spiro atoms. The third kappa shape index (κ3) is 3.55. The van der Waals surface area contributed by atoms with E-state index in [0.717, 1.165) is 18.5 Å². The normalized spacial score (nSPS) is 10.3. The molecule has 0 unspecified atom stereocenters. The van der Waals surface area contributed by atoms with Crippen molar-refractivity contribution in [3.63, 3.8) is 0 Å². The van der Waals surface area contributed by atoms with E-state index in [4.69, 9.17) is 5.84 Å². The fraction of sp³-hybridized carbons (Fsp3) is 0.308. The minimum Gasteiger partial charge on any atom is -0.347 e. The molecule has 7 nitrogen and oxygen atoms in total. The second-order valence-electron chi connectivity index (χ2n) is 4.35. The van der Waals surface area contributed by atoms with Crippen LogP contribution in [-0.4, -0.2) is 20.9 Å². The highest BCUT2D eigenvalue weighted by molar-refractivity contribution is 5.94. The predicted octanol–water partition coefficient (Wildman–Crippen LogP) is 0.973. The van der Waals surface area contributed by atoms with Crippen LogP contribution in [0.15, 0.2) is 24.5 Å². The molecule has 2 aromatic rings. The summed E-state index contributed by atoms with van der Waals surface area (Å²) >= 11 is 0. The first-order valence-corrected chi connectivity index (χ1v) is 6.47. The first-order valence-electron chi connectivity index (χ1n) is 6.47. The highest BCUT2D eigenvalue weighted by Crippen LogP contribution is 2.11. The molecule has 0 aromatic carbocycles. The van der Waals surface area contributed by atoms with Crippen molar-refractivity contribution in [2.24, 2.45) is 5.84 Å². The van der Waals surface area contributed by atoms with Gasteiger partial charge in [-0.2, -0.15) is 0 Å². The van der Waals surface area contributed by atoms with Gasteiger partial charge in [0.25, 0.3) is 5.91 Å². The maximum atomic E-state index is 12.1. The van der Waals surface area contributed by atoms with Crippen LogP contribution in [0, 0.1) is 0 Å². The smallest absolute Gasteiger partial charge is 0.251 e. The number of H-pyrrole nitrogens is 1. The molecule has 0 aliphatic heterocycles. The summed E-state index contributed by atoms with van der Waals surface area (Å²) in [6.07, 6.45) is 5.11. The molecule has 0 fully saturated rings. The molecule has 0 aliphatic rings. The number of nitrogens with zero attached hydrogens (tertiary/aromatic N) is 2. The molecule has 0 radical (unpaired) electrons. The number of hydrogen-bond donors (Lipinski definition) is 4. The Bertz CT molecular complexity index is 566. The Morgan fingerprint density at radius 1 is 1.45 bits per heavy atom. The minimum atomic E-state index is -0.183. The van der Waals surface area contributed by atoms with Gasteiger partial charge < -0.3 is 15.7 Å². The number of hydrazine groups is 1. The van der Waals surface area contributed by atoms with Crippen LogP contribution in [0.2, 0.25) is 0 Å². The van der Waals surface area contributed by atoms with Gasteiger partial charge in [-0.25, -0.2) is 15.8 Å². The number of pyridine rings is 1. The van der Waals surface area contributed by atoms with Crippen LogP contribution < -0.4 is 16.6 Å². The third-order valence-corrected chi connectivity index (χ3v) is 2.77. The average Bonchev–Trinajstić information content (AvgIpc) is 2.98. The first-order chi connectivity index (χ1) is 9.72. The quantitative estimate of drug-likeness (QED) is 0.463. The Balaban J connectivity index is 2.09. The Morgan fingerprint density at radius 2 is 2.30 bits per heavy atom. The van der Waals surface area contributed by atoms with Crippen molar-refractivity contribution in [2.75, 3.05) is 5.43 Å². The highest BCUT2D eigenvalue weighted by atomic mass is 16.1. The number of aromatic amines is 1. The lowest BCUT2D eigenvalue weighted by Crippen LogP contribution is -2.24. The first kappa shape index (κ1) is 14.0. The number of rotatable bonds is 6. The van der Waals surface area contributed by atoms with E-state index in [2.05, 4.69) is 32.6 Å². The number of imidazole rings is 1. The molecular formula is C13H18N6O. The fourth-order valence-electron chi connectivity index (χ4n) is 1.84. The lowest BCUT2D eigenvalue weighted by molar-refractivity contribution is 0.0950. The van der Waals surface area contributed by atoms with Crippen molar-refractivity contribution in [3.05, 3.63) is 41.6 Å². The van der Waals surface area contributed by atoms with Crippen LogP contribution in [0.25, 0.3) is 0 Å². The second kappa shape index (κ2) is 6.67. The molecule has 2 aromatic heterocycles. The molecule has 7 heteroatoms. The molecule has 0 aliphatic carbocycles. The van der Waals surface area contributed by atoms with Crippen LogP contribution in [0.1, 0.15) is 35.2 Å². The zero-order valence-corrected chi connectivity index (χ0v) is 11.3. The maximum Gasteiger partial charge on any atom is 0.251 e. The van der Waals surface area contributed by atoms with Crippen molar-refractivity contribution < 1.29 is 4.79 Å². The lowest BCUT2D eigenvalue weighted by atomic mass is 10.1. The summed E-state index contributed by atoms with van der Waals surface area (Å²) in [5.74, 6) is 6.39. The molecule has 1 amide bonds. The van der Waals surface area contributed by atoms with Gasteiger partial charge in [-0.1, -0.05) is 13.3 Å². The van der Waals surface area contributed by atoms with E-state index in [0.29, 0.717) is 23.8 Å². The Morgan fingerprint density at radius 3 is 2.95 bits per heavy atom. The molecule has 5 N–H and O–H groups in total. The highest BCUT2D eigenvalue weighted by Gasteiger charge is 2.10. The number of nitrogen functional groups attached to an aromatic ring is 1. The van der Waals surface area contributed by atoms with E-state index in [9.17, 15) is 4.79 Å². The van der Waals surface area contributed by atoms with Gasteiger partial charge in [-0.3, -0.25) is 4.79 Å². The maximum absolute atomic E-state index is 12.1. The fourth-order valence-corrected chi connectivity index (χ4v) is 1.84. The zero-order chi connectivity index (χ0) is 14.4. The Kier molecular flexibility index (Phi) is 4.67. The molecule has 0 saturated carbocycles. The number of hydrogen-bond acceptors (Lipinski definition) is 5. The van der Waals surface area contributed by atoms with E-state index in [1.807, 2.05) is 0 Å². The lowest BCUT2D eigenvalue weighted by Gasteiger charge is -2.08. The summed E-state index contributed by atoms with van der Waals surface area (Å²) in [6, 6.07) is 3.40. The van der Waals surface area contributed by atoms with Gasteiger partial charge in [0.05, 0.1) is 6.54 Å². The summed E-state index contributed by atoms with van der Waals surface area (Å²) in [6.45, 7) is 2.41. The summed E-state index contributed by atoms with van der Waals surface area (Å²) < 4.78 is 0. The number of amides is 1. The summed E-state index contributed by atoms with van der Waals surface area (Å²) in [5, 5.41) is 2.79. The SMILES string of the molecule is CCCc1cc(C(=O)NCc2ncc[nH]2)cc(NN)n1.